The van der Waals surface area contributed by atoms with Gasteiger partial charge in [-0.15, -0.1) is 12.4 Å². The molecule has 5 heteroatoms. The molecule has 15 heavy (non-hydrogen) atoms. The zero-order valence-electron chi connectivity index (χ0n) is 8.39. The van der Waals surface area contributed by atoms with Gasteiger partial charge in [0.2, 0.25) is 0 Å². The van der Waals surface area contributed by atoms with Gasteiger partial charge in [-0.1, -0.05) is 0 Å². The van der Waals surface area contributed by atoms with Crippen molar-refractivity contribution in [2.75, 3.05) is 13.1 Å². The normalized spacial score (nSPS) is 22.8. The topological polar surface area (TPSA) is 42.0 Å². The van der Waals surface area contributed by atoms with Gasteiger partial charge in [-0.2, -0.15) is 0 Å². The van der Waals surface area contributed by atoms with Gasteiger partial charge < -0.3 is 5.32 Å². The molecule has 0 saturated carbocycles. The van der Waals surface area contributed by atoms with E-state index in [1.165, 1.54) is 0 Å². The van der Waals surface area contributed by atoms with Crippen molar-refractivity contribution in [1.29, 1.82) is 0 Å². The summed E-state index contributed by atoms with van der Waals surface area (Å²) in [7, 11) is -0.872. The van der Waals surface area contributed by atoms with E-state index in [0.29, 0.717) is 0 Å². The summed E-state index contributed by atoms with van der Waals surface area (Å²) < 4.78 is 12.0. The first-order valence-corrected chi connectivity index (χ1v) is 6.10. The Morgan fingerprint density at radius 1 is 1.40 bits per heavy atom. The molecule has 0 bridgehead atoms. The van der Waals surface area contributed by atoms with Gasteiger partial charge in [-0.05, 0) is 31.5 Å². The van der Waals surface area contributed by atoms with Gasteiger partial charge in [0, 0.05) is 23.8 Å². The van der Waals surface area contributed by atoms with Gasteiger partial charge in [0.25, 0.3) is 0 Å². The molecule has 84 valence electrons. The Bertz CT molecular complexity index is 314. The summed E-state index contributed by atoms with van der Waals surface area (Å²) >= 11 is 0. The zero-order valence-corrected chi connectivity index (χ0v) is 10.0. The smallest absolute Gasteiger partial charge is 0.0574 e. The van der Waals surface area contributed by atoms with Crippen LogP contribution < -0.4 is 5.32 Å². The van der Waals surface area contributed by atoms with E-state index in [1.807, 2.05) is 12.1 Å². The van der Waals surface area contributed by atoms with Crippen LogP contribution in [0.2, 0.25) is 0 Å². The highest BCUT2D eigenvalue weighted by molar-refractivity contribution is 7.85. The van der Waals surface area contributed by atoms with Gasteiger partial charge >= 0.3 is 0 Å². The van der Waals surface area contributed by atoms with Crippen molar-refractivity contribution in [3.8, 4) is 0 Å². The van der Waals surface area contributed by atoms with Crippen LogP contribution in [-0.4, -0.2) is 27.5 Å². The first-order chi connectivity index (χ1) is 6.88. The fourth-order valence-electron chi connectivity index (χ4n) is 1.67. The molecule has 1 aromatic rings. The maximum absolute atomic E-state index is 12.0. The van der Waals surface area contributed by atoms with E-state index < -0.39 is 10.8 Å². The summed E-state index contributed by atoms with van der Waals surface area (Å²) in [6, 6.07) is 3.68. The first-order valence-electron chi connectivity index (χ1n) is 4.89. The number of aromatic nitrogens is 1. The summed E-state index contributed by atoms with van der Waals surface area (Å²) in [5.74, 6) is 0. The minimum Gasteiger partial charge on any atom is -0.316 e. The molecule has 1 aromatic heterocycles. The molecule has 0 amide bonds. The molecule has 2 heterocycles. The maximum atomic E-state index is 12.0. The molecule has 1 N–H and O–H groups in total. The van der Waals surface area contributed by atoms with Crippen LogP contribution in [0.15, 0.2) is 29.4 Å². The van der Waals surface area contributed by atoms with E-state index in [9.17, 15) is 4.21 Å². The molecular formula is C10H15ClN2OS. The average Bonchev–Trinajstić information content (AvgIpc) is 2.30. The van der Waals surface area contributed by atoms with Crippen LogP contribution in [0.1, 0.15) is 12.8 Å². The van der Waals surface area contributed by atoms with Crippen molar-refractivity contribution in [3.05, 3.63) is 24.5 Å². The first kappa shape index (κ1) is 12.6. The Morgan fingerprint density at radius 2 is 2.13 bits per heavy atom. The number of halogens is 1. The molecule has 2 unspecified atom stereocenters. The Morgan fingerprint density at radius 3 is 2.73 bits per heavy atom. The standard InChI is InChI=1S/C10H14N2OS.ClH/c13-14(9-3-6-11-7-4-9)10-2-1-5-12-8-10;/h3-4,6-7,10,12H,1-2,5,8H2;1H. The molecule has 1 fully saturated rings. The highest BCUT2D eigenvalue weighted by Crippen LogP contribution is 2.15. The third-order valence-corrected chi connectivity index (χ3v) is 4.18. The van der Waals surface area contributed by atoms with Crippen LogP contribution >= 0.6 is 12.4 Å². The molecule has 2 rings (SSSR count). The number of nitrogens with one attached hydrogen (secondary N) is 1. The summed E-state index contributed by atoms with van der Waals surface area (Å²) in [4.78, 5) is 4.82. The molecule has 1 aliphatic rings. The molecular weight excluding hydrogens is 232 g/mol. The SMILES string of the molecule is Cl.O=S(c1ccncc1)C1CCCNC1. The fourth-order valence-corrected chi connectivity index (χ4v) is 3.09. The quantitative estimate of drug-likeness (QED) is 0.857. The number of piperidine rings is 1. The van der Waals surface area contributed by atoms with Crippen molar-refractivity contribution in [2.45, 2.75) is 23.0 Å². The third-order valence-electron chi connectivity index (χ3n) is 2.44. The highest BCUT2D eigenvalue weighted by atomic mass is 35.5. The number of nitrogens with zero attached hydrogens (tertiary/aromatic N) is 1. The van der Waals surface area contributed by atoms with Crippen LogP contribution in [0.3, 0.4) is 0 Å². The van der Waals surface area contributed by atoms with Crippen molar-refractivity contribution in [2.24, 2.45) is 0 Å². The number of hydrogen-bond acceptors (Lipinski definition) is 3. The largest absolute Gasteiger partial charge is 0.316 e. The Labute approximate surface area is 98.5 Å². The second-order valence-electron chi connectivity index (χ2n) is 3.45. The van der Waals surface area contributed by atoms with Crippen LogP contribution in [0, 0.1) is 0 Å². The predicted octanol–water partition coefficient (Wildman–Crippen LogP) is 1.36. The van der Waals surface area contributed by atoms with E-state index in [2.05, 4.69) is 10.3 Å². The van der Waals surface area contributed by atoms with E-state index >= 15 is 0 Å². The molecule has 0 radical (unpaired) electrons. The molecule has 1 aliphatic heterocycles. The molecule has 0 spiro atoms. The summed E-state index contributed by atoms with van der Waals surface area (Å²) in [5, 5.41) is 3.55. The van der Waals surface area contributed by atoms with Crippen LogP contribution in [0.25, 0.3) is 0 Å². The van der Waals surface area contributed by atoms with Crippen molar-refractivity contribution in [3.63, 3.8) is 0 Å². The molecule has 0 aromatic carbocycles. The lowest BCUT2D eigenvalue weighted by atomic mass is 10.2. The van der Waals surface area contributed by atoms with Crippen LogP contribution in [-0.2, 0) is 10.8 Å². The lowest BCUT2D eigenvalue weighted by Crippen LogP contribution is -2.36. The van der Waals surface area contributed by atoms with Crippen molar-refractivity contribution >= 4 is 23.2 Å². The summed E-state index contributed by atoms with van der Waals surface area (Å²) in [6.07, 6.45) is 5.58. The zero-order chi connectivity index (χ0) is 9.80. The minimum atomic E-state index is -0.872. The maximum Gasteiger partial charge on any atom is 0.0574 e. The lowest BCUT2D eigenvalue weighted by molar-refractivity contribution is 0.519. The highest BCUT2D eigenvalue weighted by Gasteiger charge is 2.20. The number of hydrogen-bond donors (Lipinski definition) is 1. The Hall–Kier alpha value is -0.450. The van der Waals surface area contributed by atoms with E-state index in [4.69, 9.17) is 0 Å². The van der Waals surface area contributed by atoms with E-state index in [1.54, 1.807) is 12.4 Å². The second-order valence-corrected chi connectivity index (χ2v) is 5.18. The van der Waals surface area contributed by atoms with Gasteiger partial charge in [-0.3, -0.25) is 9.19 Å². The Kier molecular flexibility index (Phi) is 5.22. The minimum absolute atomic E-state index is 0. The number of pyridine rings is 1. The summed E-state index contributed by atoms with van der Waals surface area (Å²) in [6.45, 7) is 1.93. The lowest BCUT2D eigenvalue weighted by Gasteiger charge is -2.21. The van der Waals surface area contributed by atoms with Crippen LogP contribution in [0.5, 0.6) is 0 Å². The molecule has 1 saturated heterocycles. The van der Waals surface area contributed by atoms with Gasteiger partial charge in [0.15, 0.2) is 0 Å². The average molecular weight is 247 g/mol. The van der Waals surface area contributed by atoms with Crippen LogP contribution in [0.4, 0.5) is 0 Å². The van der Waals surface area contributed by atoms with Gasteiger partial charge in [0.1, 0.15) is 0 Å². The summed E-state index contributed by atoms with van der Waals surface area (Å²) in [5.41, 5.74) is 0. The fraction of sp³-hybridized carbons (Fsp3) is 0.500. The van der Waals surface area contributed by atoms with Gasteiger partial charge in [0.05, 0.1) is 16.0 Å². The molecule has 3 nitrogen and oxygen atoms in total. The monoisotopic (exact) mass is 246 g/mol. The Balaban J connectivity index is 0.00000112. The van der Waals surface area contributed by atoms with E-state index in [-0.39, 0.29) is 17.7 Å². The van der Waals surface area contributed by atoms with Gasteiger partial charge in [-0.25, -0.2) is 0 Å². The van der Waals surface area contributed by atoms with Crippen molar-refractivity contribution < 1.29 is 4.21 Å². The second kappa shape index (κ2) is 6.20. The third kappa shape index (κ3) is 3.26. The van der Waals surface area contributed by atoms with Crippen molar-refractivity contribution in [1.82, 2.24) is 10.3 Å². The molecule has 2 atom stereocenters. The predicted molar refractivity (Wildman–Crippen MR) is 63.8 cm³/mol. The molecule has 0 aliphatic carbocycles. The number of rotatable bonds is 2. The van der Waals surface area contributed by atoms with E-state index in [0.717, 1.165) is 30.8 Å².